The fraction of sp³-hybridized carbons (Fsp3) is 1.00. The maximum absolute atomic E-state index is 3.64. The molecule has 1 heteroatoms. The zero-order chi connectivity index (χ0) is 12.1. The quantitative estimate of drug-likeness (QED) is 0.467. The molecule has 1 atom stereocenters. The van der Waals surface area contributed by atoms with Crippen molar-refractivity contribution >= 4 is 0 Å². The van der Waals surface area contributed by atoms with Gasteiger partial charge in [-0.2, -0.15) is 0 Å². The molecule has 0 rings (SSSR count). The molecule has 98 valence electrons. The highest BCUT2D eigenvalue weighted by molar-refractivity contribution is 4.60. The standard InChI is InChI=1S/C15H33N/c1-4-6-8-10-12-14-16-15(3)13-11-9-7-5-2/h15-16H,4-14H2,1-3H3. The molecule has 0 aromatic rings. The van der Waals surface area contributed by atoms with Crippen LogP contribution in [0.1, 0.15) is 85.0 Å². The van der Waals surface area contributed by atoms with Gasteiger partial charge in [-0.15, -0.1) is 0 Å². The molecule has 1 nitrogen and oxygen atoms in total. The molecule has 0 aliphatic heterocycles. The lowest BCUT2D eigenvalue weighted by atomic mass is 10.1. The Kier molecular flexibility index (Phi) is 13.0. The third kappa shape index (κ3) is 12.0. The molecule has 0 bridgehead atoms. The minimum absolute atomic E-state index is 0.725. The summed E-state index contributed by atoms with van der Waals surface area (Å²) >= 11 is 0. The summed E-state index contributed by atoms with van der Waals surface area (Å²) < 4.78 is 0. The number of hydrogen-bond donors (Lipinski definition) is 1. The molecule has 0 aliphatic carbocycles. The topological polar surface area (TPSA) is 12.0 Å². The second-order valence-electron chi connectivity index (χ2n) is 5.12. The summed E-state index contributed by atoms with van der Waals surface area (Å²) in [6.45, 7) is 8.10. The third-order valence-electron chi connectivity index (χ3n) is 3.26. The van der Waals surface area contributed by atoms with Crippen molar-refractivity contribution < 1.29 is 0 Å². The lowest BCUT2D eigenvalue weighted by Gasteiger charge is -2.13. The zero-order valence-electron chi connectivity index (χ0n) is 11.9. The van der Waals surface area contributed by atoms with E-state index < -0.39 is 0 Å². The van der Waals surface area contributed by atoms with Gasteiger partial charge in [0.25, 0.3) is 0 Å². The van der Waals surface area contributed by atoms with Crippen molar-refractivity contribution in [2.75, 3.05) is 6.54 Å². The maximum atomic E-state index is 3.64. The number of rotatable bonds is 12. The van der Waals surface area contributed by atoms with E-state index in [2.05, 4.69) is 26.1 Å². The molecule has 1 unspecified atom stereocenters. The van der Waals surface area contributed by atoms with Gasteiger partial charge in [0.1, 0.15) is 0 Å². The third-order valence-corrected chi connectivity index (χ3v) is 3.26. The first-order valence-corrected chi connectivity index (χ1v) is 7.54. The predicted octanol–water partition coefficient (Wildman–Crippen LogP) is 4.91. The summed E-state index contributed by atoms with van der Waals surface area (Å²) in [5, 5.41) is 3.64. The van der Waals surface area contributed by atoms with Crippen molar-refractivity contribution in [3.8, 4) is 0 Å². The molecule has 0 fully saturated rings. The van der Waals surface area contributed by atoms with Gasteiger partial charge in [0.05, 0.1) is 0 Å². The molecule has 0 saturated carbocycles. The van der Waals surface area contributed by atoms with Crippen molar-refractivity contribution in [2.45, 2.75) is 91.0 Å². The fourth-order valence-corrected chi connectivity index (χ4v) is 2.06. The van der Waals surface area contributed by atoms with Crippen molar-refractivity contribution in [3.05, 3.63) is 0 Å². The van der Waals surface area contributed by atoms with Gasteiger partial charge in [-0.1, -0.05) is 65.2 Å². The van der Waals surface area contributed by atoms with Gasteiger partial charge in [0.15, 0.2) is 0 Å². The summed E-state index contributed by atoms with van der Waals surface area (Å²) in [5.74, 6) is 0. The van der Waals surface area contributed by atoms with Crippen LogP contribution in [0.5, 0.6) is 0 Å². The lowest BCUT2D eigenvalue weighted by Crippen LogP contribution is -2.26. The van der Waals surface area contributed by atoms with Gasteiger partial charge in [-0.3, -0.25) is 0 Å². The van der Waals surface area contributed by atoms with Crippen LogP contribution in [0, 0.1) is 0 Å². The summed E-state index contributed by atoms with van der Waals surface area (Å²) in [6, 6.07) is 0.725. The SMILES string of the molecule is CCCCCCCNC(C)CCCCCC. The van der Waals surface area contributed by atoms with E-state index in [1.807, 2.05) is 0 Å². The van der Waals surface area contributed by atoms with Crippen molar-refractivity contribution in [3.63, 3.8) is 0 Å². The molecule has 0 aromatic heterocycles. The van der Waals surface area contributed by atoms with Gasteiger partial charge >= 0.3 is 0 Å². The predicted molar refractivity (Wildman–Crippen MR) is 75.0 cm³/mol. The Bertz CT molecular complexity index is 123. The minimum Gasteiger partial charge on any atom is -0.314 e. The van der Waals surface area contributed by atoms with E-state index in [9.17, 15) is 0 Å². The molecule has 0 radical (unpaired) electrons. The maximum Gasteiger partial charge on any atom is 0.00387 e. The van der Waals surface area contributed by atoms with Crippen LogP contribution < -0.4 is 5.32 Å². The second kappa shape index (κ2) is 13.0. The van der Waals surface area contributed by atoms with E-state index in [0.717, 1.165) is 6.04 Å². The van der Waals surface area contributed by atoms with E-state index in [-0.39, 0.29) is 0 Å². The average molecular weight is 227 g/mol. The monoisotopic (exact) mass is 227 g/mol. The zero-order valence-corrected chi connectivity index (χ0v) is 11.9. The van der Waals surface area contributed by atoms with Crippen LogP contribution in [0.25, 0.3) is 0 Å². The molecule has 0 amide bonds. The Hall–Kier alpha value is -0.0400. The van der Waals surface area contributed by atoms with Gasteiger partial charge in [0.2, 0.25) is 0 Å². The van der Waals surface area contributed by atoms with Crippen LogP contribution in [0.15, 0.2) is 0 Å². The van der Waals surface area contributed by atoms with Gasteiger partial charge in [0, 0.05) is 6.04 Å². The molecule has 0 saturated heterocycles. The normalized spacial score (nSPS) is 12.9. The Morgan fingerprint density at radius 1 is 0.750 bits per heavy atom. The smallest absolute Gasteiger partial charge is 0.00387 e. The molecule has 0 aromatic carbocycles. The van der Waals surface area contributed by atoms with E-state index in [1.54, 1.807) is 0 Å². The van der Waals surface area contributed by atoms with Gasteiger partial charge in [-0.25, -0.2) is 0 Å². The first-order chi connectivity index (χ1) is 7.81. The molecule has 0 aliphatic rings. The summed E-state index contributed by atoms with van der Waals surface area (Å²) in [6.07, 6.45) is 13.9. The molecule has 16 heavy (non-hydrogen) atoms. The highest BCUT2D eigenvalue weighted by Gasteiger charge is 1.99. The van der Waals surface area contributed by atoms with Crippen LogP contribution in [-0.2, 0) is 0 Å². The Morgan fingerprint density at radius 2 is 1.31 bits per heavy atom. The summed E-state index contributed by atoms with van der Waals surface area (Å²) in [5.41, 5.74) is 0. The Balaban J connectivity index is 3.08. The minimum atomic E-state index is 0.725. The van der Waals surface area contributed by atoms with E-state index in [4.69, 9.17) is 0 Å². The molecular formula is C15H33N. The van der Waals surface area contributed by atoms with E-state index >= 15 is 0 Å². The molecule has 1 N–H and O–H groups in total. The fourth-order valence-electron chi connectivity index (χ4n) is 2.06. The highest BCUT2D eigenvalue weighted by Crippen LogP contribution is 2.06. The van der Waals surface area contributed by atoms with E-state index in [0.29, 0.717) is 0 Å². The first kappa shape index (κ1) is 16.0. The van der Waals surface area contributed by atoms with Gasteiger partial charge < -0.3 is 5.32 Å². The summed E-state index contributed by atoms with van der Waals surface area (Å²) in [7, 11) is 0. The van der Waals surface area contributed by atoms with Crippen molar-refractivity contribution in [1.82, 2.24) is 5.32 Å². The van der Waals surface area contributed by atoms with Crippen LogP contribution in [0.2, 0.25) is 0 Å². The Labute approximate surface area is 103 Å². The number of unbranched alkanes of at least 4 members (excludes halogenated alkanes) is 7. The van der Waals surface area contributed by atoms with Crippen LogP contribution in [0.3, 0.4) is 0 Å². The molecule has 0 spiro atoms. The number of nitrogens with one attached hydrogen (secondary N) is 1. The number of hydrogen-bond acceptors (Lipinski definition) is 1. The second-order valence-corrected chi connectivity index (χ2v) is 5.12. The molecular weight excluding hydrogens is 194 g/mol. The largest absolute Gasteiger partial charge is 0.314 e. The van der Waals surface area contributed by atoms with Crippen molar-refractivity contribution in [2.24, 2.45) is 0 Å². The van der Waals surface area contributed by atoms with Crippen LogP contribution in [0.4, 0.5) is 0 Å². The summed E-state index contributed by atoms with van der Waals surface area (Å²) in [4.78, 5) is 0. The molecule has 0 heterocycles. The van der Waals surface area contributed by atoms with E-state index in [1.165, 1.54) is 70.8 Å². The van der Waals surface area contributed by atoms with Crippen LogP contribution >= 0.6 is 0 Å². The van der Waals surface area contributed by atoms with Crippen molar-refractivity contribution in [1.29, 1.82) is 0 Å². The van der Waals surface area contributed by atoms with Gasteiger partial charge in [-0.05, 0) is 26.3 Å². The lowest BCUT2D eigenvalue weighted by molar-refractivity contribution is 0.470. The highest BCUT2D eigenvalue weighted by atomic mass is 14.9. The Morgan fingerprint density at radius 3 is 1.94 bits per heavy atom. The average Bonchev–Trinajstić information content (AvgIpc) is 2.29. The first-order valence-electron chi connectivity index (χ1n) is 7.54. The van der Waals surface area contributed by atoms with Crippen LogP contribution in [-0.4, -0.2) is 12.6 Å².